The number of nitrogens with one attached hydrogen (secondary N) is 1. The Morgan fingerprint density at radius 2 is 2.26 bits per heavy atom. The first-order chi connectivity index (χ1) is 9.24. The third-order valence-corrected chi connectivity index (χ3v) is 3.56. The first-order valence-electron chi connectivity index (χ1n) is 5.93. The SMILES string of the molecule is COc1ccc(CC(NN)c2cccnc2)cc1Br. The van der Waals surface area contributed by atoms with E-state index >= 15 is 0 Å². The van der Waals surface area contributed by atoms with Gasteiger partial charge in [-0.25, -0.2) is 0 Å². The molecule has 0 saturated carbocycles. The van der Waals surface area contributed by atoms with Gasteiger partial charge in [0.25, 0.3) is 0 Å². The summed E-state index contributed by atoms with van der Waals surface area (Å²) < 4.78 is 6.16. The van der Waals surface area contributed by atoms with E-state index in [1.807, 2.05) is 36.5 Å². The minimum atomic E-state index is 0.0361. The number of rotatable bonds is 5. The van der Waals surface area contributed by atoms with Crippen LogP contribution in [0.15, 0.2) is 47.2 Å². The van der Waals surface area contributed by atoms with Gasteiger partial charge in [0.1, 0.15) is 5.75 Å². The maximum atomic E-state index is 5.63. The van der Waals surface area contributed by atoms with E-state index < -0.39 is 0 Å². The van der Waals surface area contributed by atoms with E-state index in [9.17, 15) is 0 Å². The first-order valence-corrected chi connectivity index (χ1v) is 6.72. The summed E-state index contributed by atoms with van der Waals surface area (Å²) in [4.78, 5) is 4.12. The standard InChI is InChI=1S/C14H16BrN3O/c1-19-14-5-4-10(7-12(14)15)8-13(18-16)11-3-2-6-17-9-11/h2-7,9,13,18H,8,16H2,1H3. The quantitative estimate of drug-likeness (QED) is 0.656. The lowest BCUT2D eigenvalue weighted by atomic mass is 10.0. The van der Waals surface area contributed by atoms with Crippen LogP contribution in [0.3, 0.4) is 0 Å². The van der Waals surface area contributed by atoms with Crippen LogP contribution in [0, 0.1) is 0 Å². The molecule has 4 nitrogen and oxygen atoms in total. The fraction of sp³-hybridized carbons (Fsp3) is 0.214. The van der Waals surface area contributed by atoms with Gasteiger partial charge in [0.2, 0.25) is 0 Å². The molecule has 0 amide bonds. The predicted octanol–water partition coefficient (Wildman–Crippen LogP) is 2.60. The molecule has 0 bridgehead atoms. The molecule has 1 unspecified atom stereocenters. The molecule has 2 aromatic rings. The average molecular weight is 322 g/mol. The van der Waals surface area contributed by atoms with Gasteiger partial charge < -0.3 is 4.74 Å². The summed E-state index contributed by atoms with van der Waals surface area (Å²) in [6.45, 7) is 0. The van der Waals surface area contributed by atoms with Crippen molar-refractivity contribution in [2.45, 2.75) is 12.5 Å². The number of hydrazine groups is 1. The highest BCUT2D eigenvalue weighted by molar-refractivity contribution is 9.10. The van der Waals surface area contributed by atoms with E-state index in [1.165, 1.54) is 5.56 Å². The summed E-state index contributed by atoms with van der Waals surface area (Å²) in [6, 6.07) is 9.97. The molecule has 1 atom stereocenters. The molecule has 0 aliphatic rings. The van der Waals surface area contributed by atoms with Crippen LogP contribution in [-0.4, -0.2) is 12.1 Å². The highest BCUT2D eigenvalue weighted by Gasteiger charge is 2.11. The fourth-order valence-corrected chi connectivity index (χ4v) is 2.52. The Hall–Kier alpha value is -1.43. The molecule has 0 fully saturated rings. The van der Waals surface area contributed by atoms with Crippen molar-refractivity contribution in [2.24, 2.45) is 5.84 Å². The molecule has 0 aliphatic heterocycles. The average Bonchev–Trinajstić information content (AvgIpc) is 2.46. The van der Waals surface area contributed by atoms with Crippen LogP contribution in [0.2, 0.25) is 0 Å². The highest BCUT2D eigenvalue weighted by Crippen LogP contribution is 2.27. The third kappa shape index (κ3) is 3.53. The predicted molar refractivity (Wildman–Crippen MR) is 78.7 cm³/mol. The van der Waals surface area contributed by atoms with E-state index in [0.29, 0.717) is 0 Å². The molecular weight excluding hydrogens is 306 g/mol. The number of nitrogens with zero attached hydrogens (tertiary/aromatic N) is 1. The van der Waals surface area contributed by atoms with Gasteiger partial charge in [0.05, 0.1) is 17.6 Å². The monoisotopic (exact) mass is 321 g/mol. The molecule has 2 rings (SSSR count). The second-order valence-corrected chi connectivity index (χ2v) is 5.03. The Morgan fingerprint density at radius 1 is 1.42 bits per heavy atom. The molecule has 5 heteroatoms. The topological polar surface area (TPSA) is 60.2 Å². The Labute approximate surface area is 121 Å². The number of methoxy groups -OCH3 is 1. The van der Waals surface area contributed by atoms with Crippen molar-refractivity contribution < 1.29 is 4.74 Å². The molecule has 0 aliphatic carbocycles. The van der Waals surface area contributed by atoms with E-state index in [2.05, 4.69) is 26.3 Å². The van der Waals surface area contributed by atoms with Crippen molar-refractivity contribution in [2.75, 3.05) is 7.11 Å². The van der Waals surface area contributed by atoms with Crippen molar-refractivity contribution in [1.29, 1.82) is 0 Å². The largest absolute Gasteiger partial charge is 0.496 e. The zero-order valence-corrected chi connectivity index (χ0v) is 12.2. The minimum Gasteiger partial charge on any atom is -0.496 e. The van der Waals surface area contributed by atoms with Gasteiger partial charge in [-0.1, -0.05) is 12.1 Å². The molecule has 1 aromatic carbocycles. The molecule has 3 N–H and O–H groups in total. The highest BCUT2D eigenvalue weighted by atomic mass is 79.9. The van der Waals surface area contributed by atoms with Gasteiger partial charge in [-0.2, -0.15) is 0 Å². The van der Waals surface area contributed by atoms with Crippen molar-refractivity contribution in [1.82, 2.24) is 10.4 Å². The zero-order valence-electron chi connectivity index (χ0n) is 10.6. The maximum absolute atomic E-state index is 5.63. The number of aromatic nitrogens is 1. The molecule has 1 heterocycles. The molecule has 0 spiro atoms. The second kappa shape index (κ2) is 6.65. The number of ether oxygens (including phenoxy) is 1. The van der Waals surface area contributed by atoms with Crippen LogP contribution in [-0.2, 0) is 6.42 Å². The number of pyridine rings is 1. The van der Waals surface area contributed by atoms with Crippen LogP contribution < -0.4 is 16.0 Å². The molecule has 100 valence electrons. The summed E-state index contributed by atoms with van der Waals surface area (Å²) in [5.74, 6) is 6.45. The van der Waals surface area contributed by atoms with Crippen LogP contribution in [0.5, 0.6) is 5.75 Å². The zero-order chi connectivity index (χ0) is 13.7. The number of hydrogen-bond donors (Lipinski definition) is 2. The van der Waals surface area contributed by atoms with Gasteiger partial charge in [-0.15, -0.1) is 0 Å². The van der Waals surface area contributed by atoms with Gasteiger partial charge >= 0.3 is 0 Å². The Balaban J connectivity index is 2.17. The van der Waals surface area contributed by atoms with Gasteiger partial charge in [0.15, 0.2) is 0 Å². The third-order valence-electron chi connectivity index (χ3n) is 2.94. The van der Waals surface area contributed by atoms with Crippen LogP contribution >= 0.6 is 15.9 Å². The van der Waals surface area contributed by atoms with Crippen molar-refractivity contribution in [3.8, 4) is 5.75 Å². The van der Waals surface area contributed by atoms with Crippen molar-refractivity contribution >= 4 is 15.9 Å². The van der Waals surface area contributed by atoms with E-state index in [1.54, 1.807) is 13.3 Å². The maximum Gasteiger partial charge on any atom is 0.133 e. The lowest BCUT2D eigenvalue weighted by molar-refractivity contribution is 0.412. The normalized spacial score (nSPS) is 12.2. The lowest BCUT2D eigenvalue weighted by Crippen LogP contribution is -2.29. The Kier molecular flexibility index (Phi) is 4.90. The van der Waals surface area contributed by atoms with Gasteiger partial charge in [-0.3, -0.25) is 16.3 Å². The number of hydrogen-bond acceptors (Lipinski definition) is 4. The number of benzene rings is 1. The number of halogens is 1. The molecule has 1 aromatic heterocycles. The van der Waals surface area contributed by atoms with Crippen LogP contribution in [0.25, 0.3) is 0 Å². The van der Waals surface area contributed by atoms with E-state index in [-0.39, 0.29) is 6.04 Å². The Morgan fingerprint density at radius 3 is 2.84 bits per heavy atom. The minimum absolute atomic E-state index is 0.0361. The first kappa shape index (κ1) is 14.0. The fourth-order valence-electron chi connectivity index (χ4n) is 1.93. The van der Waals surface area contributed by atoms with Crippen LogP contribution in [0.4, 0.5) is 0 Å². The Bertz CT molecular complexity index is 533. The summed E-state index contributed by atoms with van der Waals surface area (Å²) in [7, 11) is 1.65. The summed E-state index contributed by atoms with van der Waals surface area (Å²) in [5.41, 5.74) is 5.06. The van der Waals surface area contributed by atoms with Crippen molar-refractivity contribution in [3.63, 3.8) is 0 Å². The van der Waals surface area contributed by atoms with E-state index in [0.717, 1.165) is 22.2 Å². The van der Waals surface area contributed by atoms with E-state index in [4.69, 9.17) is 10.6 Å². The molecule has 0 radical (unpaired) electrons. The smallest absolute Gasteiger partial charge is 0.133 e. The number of nitrogens with two attached hydrogens (primary N) is 1. The molecule has 19 heavy (non-hydrogen) atoms. The molecular formula is C14H16BrN3O. The lowest BCUT2D eigenvalue weighted by Gasteiger charge is -2.16. The van der Waals surface area contributed by atoms with Crippen molar-refractivity contribution in [3.05, 3.63) is 58.3 Å². The van der Waals surface area contributed by atoms with Gasteiger partial charge in [-0.05, 0) is 51.7 Å². The van der Waals surface area contributed by atoms with Crippen LogP contribution in [0.1, 0.15) is 17.2 Å². The summed E-state index contributed by atoms with van der Waals surface area (Å²) in [6.07, 6.45) is 4.36. The second-order valence-electron chi connectivity index (χ2n) is 4.18. The summed E-state index contributed by atoms with van der Waals surface area (Å²) in [5, 5.41) is 0. The summed E-state index contributed by atoms with van der Waals surface area (Å²) >= 11 is 3.49. The molecule has 0 saturated heterocycles. The van der Waals surface area contributed by atoms with Gasteiger partial charge in [0, 0.05) is 12.4 Å².